The third-order valence-corrected chi connectivity index (χ3v) is 4.83. The summed E-state index contributed by atoms with van der Waals surface area (Å²) in [5, 5.41) is 1.69. The van der Waals surface area contributed by atoms with E-state index >= 15 is 0 Å². The molecule has 1 fully saturated rings. The highest BCUT2D eigenvalue weighted by molar-refractivity contribution is 6.38. The van der Waals surface area contributed by atoms with Crippen molar-refractivity contribution in [2.45, 2.75) is 12.3 Å². The van der Waals surface area contributed by atoms with E-state index < -0.39 is 5.92 Å². The van der Waals surface area contributed by atoms with Crippen LogP contribution >= 0.6 is 23.2 Å². The number of halogens is 2. The highest BCUT2D eigenvalue weighted by Crippen LogP contribution is 2.39. The lowest BCUT2D eigenvalue weighted by Gasteiger charge is -2.16. The number of anilines is 1. The number of carbonyl (C=O) groups excluding carboxylic acids is 2. The zero-order chi connectivity index (χ0) is 16.8. The van der Waals surface area contributed by atoms with Crippen molar-refractivity contribution in [3.63, 3.8) is 0 Å². The molecule has 3 aromatic rings. The number of nitrogens with one attached hydrogen (secondary N) is 1. The zero-order valence-electron chi connectivity index (χ0n) is 12.4. The van der Waals surface area contributed by atoms with Gasteiger partial charge in [-0.1, -0.05) is 41.4 Å². The molecule has 24 heavy (non-hydrogen) atoms. The monoisotopic (exact) mass is 358 g/mol. The first-order chi connectivity index (χ1) is 11.6. The Morgan fingerprint density at radius 1 is 1.08 bits per heavy atom. The van der Waals surface area contributed by atoms with E-state index in [1.165, 1.54) is 6.07 Å². The van der Waals surface area contributed by atoms with Gasteiger partial charge >= 0.3 is 0 Å². The second kappa shape index (κ2) is 5.65. The standard InChI is InChI=1S/C18H12Cl2N2O2/c19-10-5-6-16(14(20)7-10)22-17(23)8-12(18(22)24)13-9-21-15-4-2-1-3-11(13)15/h1-7,9,12,21H,8H2/t12-/m1/s1. The van der Waals surface area contributed by atoms with Gasteiger partial charge in [0.1, 0.15) is 0 Å². The first-order valence-corrected chi connectivity index (χ1v) is 8.19. The minimum Gasteiger partial charge on any atom is -0.361 e. The molecule has 6 heteroatoms. The number of hydrogen-bond donors (Lipinski definition) is 1. The Bertz CT molecular complexity index is 980. The highest BCUT2D eigenvalue weighted by Gasteiger charge is 2.42. The molecule has 2 aromatic carbocycles. The van der Waals surface area contributed by atoms with E-state index in [1.54, 1.807) is 18.3 Å². The van der Waals surface area contributed by atoms with Crippen LogP contribution in [0.5, 0.6) is 0 Å². The van der Waals surface area contributed by atoms with Gasteiger partial charge < -0.3 is 4.98 Å². The van der Waals surface area contributed by atoms with Crippen LogP contribution in [0.3, 0.4) is 0 Å². The number of aromatic amines is 1. The van der Waals surface area contributed by atoms with Crippen molar-refractivity contribution in [3.8, 4) is 0 Å². The van der Waals surface area contributed by atoms with Crippen LogP contribution in [0.2, 0.25) is 10.0 Å². The number of amides is 2. The highest BCUT2D eigenvalue weighted by atomic mass is 35.5. The topological polar surface area (TPSA) is 53.2 Å². The van der Waals surface area contributed by atoms with Crippen molar-refractivity contribution in [2.75, 3.05) is 4.90 Å². The fourth-order valence-corrected chi connectivity index (χ4v) is 3.67. The quantitative estimate of drug-likeness (QED) is 0.684. The average Bonchev–Trinajstić information content (AvgIpc) is 3.10. The summed E-state index contributed by atoms with van der Waals surface area (Å²) in [7, 11) is 0. The van der Waals surface area contributed by atoms with Gasteiger partial charge in [-0.25, -0.2) is 4.90 Å². The van der Waals surface area contributed by atoms with Gasteiger partial charge in [0.2, 0.25) is 11.8 Å². The van der Waals surface area contributed by atoms with Crippen molar-refractivity contribution < 1.29 is 9.59 Å². The van der Waals surface area contributed by atoms with Crippen molar-refractivity contribution in [3.05, 3.63) is 64.3 Å². The average molecular weight is 359 g/mol. The predicted molar refractivity (Wildman–Crippen MR) is 94.6 cm³/mol. The molecule has 1 aromatic heterocycles. The third-order valence-electron chi connectivity index (χ3n) is 4.29. The van der Waals surface area contributed by atoms with Gasteiger partial charge in [0.25, 0.3) is 0 Å². The molecule has 4 nitrogen and oxygen atoms in total. The molecule has 2 amide bonds. The maximum Gasteiger partial charge on any atom is 0.241 e. The number of benzene rings is 2. The molecular formula is C18H12Cl2N2O2. The van der Waals surface area contributed by atoms with Gasteiger partial charge in [-0.15, -0.1) is 0 Å². The molecule has 120 valence electrons. The SMILES string of the molecule is O=C1C[C@H](c2c[nH]c3ccccc23)C(=O)N1c1ccc(Cl)cc1Cl. The number of hydrogen-bond acceptors (Lipinski definition) is 2. The fraction of sp³-hybridized carbons (Fsp3) is 0.111. The predicted octanol–water partition coefficient (Wildman–Crippen LogP) is 4.52. The molecule has 0 spiro atoms. The van der Waals surface area contributed by atoms with Crippen molar-refractivity contribution in [1.29, 1.82) is 0 Å². The number of H-pyrrole nitrogens is 1. The number of para-hydroxylation sites is 1. The molecule has 0 unspecified atom stereocenters. The molecule has 0 saturated carbocycles. The number of imide groups is 1. The Kier molecular flexibility index (Phi) is 3.59. The van der Waals surface area contributed by atoms with Crippen LogP contribution in [0.15, 0.2) is 48.7 Å². The second-order valence-corrected chi connectivity index (χ2v) is 6.55. The lowest BCUT2D eigenvalue weighted by Crippen LogP contribution is -2.30. The number of rotatable bonds is 2. The summed E-state index contributed by atoms with van der Waals surface area (Å²) in [6.45, 7) is 0. The van der Waals surface area contributed by atoms with Gasteiger partial charge in [0.15, 0.2) is 0 Å². The molecule has 1 aliphatic heterocycles. The van der Waals surface area contributed by atoms with Crippen molar-refractivity contribution in [2.24, 2.45) is 0 Å². The summed E-state index contributed by atoms with van der Waals surface area (Å²) in [6, 6.07) is 12.4. The lowest BCUT2D eigenvalue weighted by molar-refractivity contribution is -0.121. The normalized spacial score (nSPS) is 17.9. The molecule has 0 bridgehead atoms. The van der Waals surface area contributed by atoms with Crippen LogP contribution in [-0.4, -0.2) is 16.8 Å². The van der Waals surface area contributed by atoms with Crippen LogP contribution in [0.25, 0.3) is 10.9 Å². The number of aromatic nitrogens is 1. The van der Waals surface area contributed by atoms with E-state index in [4.69, 9.17) is 23.2 Å². The van der Waals surface area contributed by atoms with E-state index in [1.807, 2.05) is 24.3 Å². The maximum atomic E-state index is 12.9. The molecule has 0 aliphatic carbocycles. The maximum absolute atomic E-state index is 12.9. The summed E-state index contributed by atoms with van der Waals surface area (Å²) in [6.07, 6.45) is 1.92. The molecule has 1 saturated heterocycles. The van der Waals surface area contributed by atoms with E-state index in [2.05, 4.69) is 4.98 Å². The van der Waals surface area contributed by atoms with Gasteiger partial charge in [0, 0.05) is 28.5 Å². The first-order valence-electron chi connectivity index (χ1n) is 7.44. The van der Waals surface area contributed by atoms with E-state index in [-0.39, 0.29) is 23.3 Å². The Morgan fingerprint density at radius 2 is 1.88 bits per heavy atom. The Morgan fingerprint density at radius 3 is 2.67 bits per heavy atom. The smallest absolute Gasteiger partial charge is 0.241 e. The summed E-state index contributed by atoms with van der Waals surface area (Å²) < 4.78 is 0. The van der Waals surface area contributed by atoms with E-state index in [9.17, 15) is 9.59 Å². The summed E-state index contributed by atoms with van der Waals surface area (Å²) in [5.41, 5.74) is 2.14. The van der Waals surface area contributed by atoms with Gasteiger partial charge in [0.05, 0.1) is 16.6 Å². The van der Waals surface area contributed by atoms with Gasteiger partial charge in [-0.2, -0.15) is 0 Å². The van der Waals surface area contributed by atoms with Crippen molar-refractivity contribution >= 4 is 51.6 Å². The second-order valence-electron chi connectivity index (χ2n) is 5.71. The fourth-order valence-electron chi connectivity index (χ4n) is 3.17. The van der Waals surface area contributed by atoms with E-state index in [0.717, 1.165) is 21.4 Å². The summed E-state index contributed by atoms with van der Waals surface area (Å²) in [5.74, 6) is -1.05. The van der Waals surface area contributed by atoms with Gasteiger partial charge in [-0.3, -0.25) is 9.59 Å². The largest absolute Gasteiger partial charge is 0.361 e. The molecule has 1 atom stereocenters. The lowest BCUT2D eigenvalue weighted by atomic mass is 9.97. The number of fused-ring (bicyclic) bond motifs is 1. The molecule has 1 aliphatic rings. The molecule has 2 heterocycles. The number of carbonyl (C=O) groups is 2. The van der Waals surface area contributed by atoms with E-state index in [0.29, 0.717) is 10.7 Å². The molecular weight excluding hydrogens is 347 g/mol. The van der Waals surface area contributed by atoms with Crippen LogP contribution in [0.1, 0.15) is 17.9 Å². The Balaban J connectivity index is 1.76. The van der Waals surface area contributed by atoms with Crippen LogP contribution < -0.4 is 4.90 Å². The molecule has 0 radical (unpaired) electrons. The molecule has 1 N–H and O–H groups in total. The summed E-state index contributed by atoms with van der Waals surface area (Å²) >= 11 is 12.1. The minimum absolute atomic E-state index is 0.125. The zero-order valence-corrected chi connectivity index (χ0v) is 13.9. The van der Waals surface area contributed by atoms with Crippen molar-refractivity contribution in [1.82, 2.24) is 4.98 Å². The minimum atomic E-state index is -0.514. The molecule has 4 rings (SSSR count). The summed E-state index contributed by atoms with van der Waals surface area (Å²) in [4.78, 5) is 29.7. The van der Waals surface area contributed by atoms with Gasteiger partial charge in [-0.05, 0) is 29.8 Å². The third kappa shape index (κ3) is 2.30. The van der Waals surface area contributed by atoms with Crippen LogP contribution in [0, 0.1) is 0 Å². The number of nitrogens with zero attached hydrogens (tertiary/aromatic N) is 1. The Labute approximate surface area is 148 Å². The van der Waals surface area contributed by atoms with Crippen LogP contribution in [0.4, 0.5) is 5.69 Å². The first kappa shape index (κ1) is 15.2. The van der Waals surface area contributed by atoms with Crippen LogP contribution in [-0.2, 0) is 9.59 Å². The Hall–Kier alpha value is -2.30.